The highest BCUT2D eigenvalue weighted by Crippen LogP contribution is 2.28. The van der Waals surface area contributed by atoms with Gasteiger partial charge in [-0.1, -0.05) is 37.0 Å². The van der Waals surface area contributed by atoms with Crippen LogP contribution in [0.4, 0.5) is 0 Å². The summed E-state index contributed by atoms with van der Waals surface area (Å²) >= 11 is 0. The van der Waals surface area contributed by atoms with Gasteiger partial charge in [-0.25, -0.2) is 4.79 Å². The summed E-state index contributed by atoms with van der Waals surface area (Å²) in [5.41, 5.74) is -0.00904. The van der Waals surface area contributed by atoms with Crippen LogP contribution in [-0.2, 0) is 9.59 Å². The molecule has 114 valence electrons. The number of hydrogen-bond donors (Lipinski definition) is 2. The lowest BCUT2D eigenvalue weighted by Gasteiger charge is -2.33. The molecule has 0 bridgehead atoms. The van der Waals surface area contributed by atoms with E-state index in [-0.39, 0.29) is 12.5 Å². The summed E-state index contributed by atoms with van der Waals surface area (Å²) in [6.07, 6.45) is 3.64. The van der Waals surface area contributed by atoms with E-state index in [1.165, 1.54) is 0 Å². The van der Waals surface area contributed by atoms with Crippen molar-refractivity contribution in [3.05, 3.63) is 29.8 Å². The molecule has 0 atom stereocenters. The second-order valence-electron chi connectivity index (χ2n) is 5.60. The lowest BCUT2D eigenvalue weighted by atomic mass is 9.81. The van der Waals surface area contributed by atoms with Crippen molar-refractivity contribution in [2.45, 2.75) is 44.6 Å². The molecule has 0 saturated heterocycles. The van der Waals surface area contributed by atoms with Crippen LogP contribution in [0.15, 0.2) is 24.3 Å². The molecule has 1 aromatic carbocycles. The minimum absolute atomic E-state index is 0.169. The summed E-state index contributed by atoms with van der Waals surface area (Å²) in [7, 11) is 0. The minimum atomic E-state index is -1.12. The zero-order valence-electron chi connectivity index (χ0n) is 12.2. The first-order valence-electron chi connectivity index (χ1n) is 7.26. The second-order valence-corrected chi connectivity index (χ2v) is 5.60. The number of carbonyl (C=O) groups is 2. The van der Waals surface area contributed by atoms with Crippen molar-refractivity contribution in [3.63, 3.8) is 0 Å². The van der Waals surface area contributed by atoms with Crippen LogP contribution in [0.2, 0.25) is 0 Å². The summed E-state index contributed by atoms with van der Waals surface area (Å²) in [5, 5.41) is 12.0. The summed E-state index contributed by atoms with van der Waals surface area (Å²) in [4.78, 5) is 23.4. The first kappa shape index (κ1) is 15.4. The van der Waals surface area contributed by atoms with Gasteiger partial charge in [0.25, 0.3) is 5.91 Å². The molecule has 1 aromatic rings. The number of hydrogen-bond acceptors (Lipinski definition) is 3. The van der Waals surface area contributed by atoms with Crippen LogP contribution in [0, 0.1) is 6.92 Å². The number of nitrogens with one attached hydrogen (secondary N) is 1. The fraction of sp³-hybridized carbons (Fsp3) is 0.500. The highest BCUT2D eigenvalue weighted by Gasteiger charge is 2.40. The van der Waals surface area contributed by atoms with Crippen molar-refractivity contribution < 1.29 is 19.4 Å². The van der Waals surface area contributed by atoms with E-state index in [2.05, 4.69) is 5.32 Å². The number of benzene rings is 1. The number of carbonyl (C=O) groups excluding carboxylic acids is 1. The Balaban J connectivity index is 1.90. The molecule has 0 radical (unpaired) electrons. The summed E-state index contributed by atoms with van der Waals surface area (Å²) in [5.74, 6) is -0.741. The van der Waals surface area contributed by atoms with Gasteiger partial charge in [-0.3, -0.25) is 4.79 Å². The third-order valence-electron chi connectivity index (χ3n) is 3.89. The third-order valence-corrected chi connectivity index (χ3v) is 3.89. The molecule has 5 nitrogen and oxygen atoms in total. The molecule has 0 aromatic heterocycles. The number of carboxylic acid groups (broad SMARTS) is 1. The van der Waals surface area contributed by atoms with Gasteiger partial charge in [0, 0.05) is 0 Å². The Morgan fingerprint density at radius 2 is 1.81 bits per heavy atom. The number of ether oxygens (including phenoxy) is 1. The molecule has 0 heterocycles. The van der Waals surface area contributed by atoms with E-state index in [0.717, 1.165) is 24.8 Å². The van der Waals surface area contributed by atoms with E-state index < -0.39 is 11.5 Å². The Bertz CT molecular complexity index is 504. The Morgan fingerprint density at radius 1 is 1.19 bits per heavy atom. The maximum absolute atomic E-state index is 12.0. The van der Waals surface area contributed by atoms with E-state index in [1.54, 1.807) is 12.1 Å². The first-order valence-corrected chi connectivity index (χ1v) is 7.26. The first-order chi connectivity index (χ1) is 10.0. The molecule has 2 rings (SSSR count). The summed E-state index contributed by atoms with van der Waals surface area (Å²) < 4.78 is 5.38. The molecule has 1 saturated carbocycles. The zero-order valence-corrected chi connectivity index (χ0v) is 12.2. The molecule has 21 heavy (non-hydrogen) atoms. The lowest BCUT2D eigenvalue weighted by Crippen LogP contribution is -2.56. The Labute approximate surface area is 124 Å². The Hall–Kier alpha value is -2.04. The van der Waals surface area contributed by atoms with Gasteiger partial charge in [-0.2, -0.15) is 0 Å². The molecule has 1 aliphatic carbocycles. The van der Waals surface area contributed by atoms with E-state index in [4.69, 9.17) is 4.74 Å². The summed E-state index contributed by atoms with van der Waals surface area (Å²) in [6, 6.07) is 7.37. The quantitative estimate of drug-likeness (QED) is 0.872. The fourth-order valence-electron chi connectivity index (χ4n) is 2.63. The van der Waals surface area contributed by atoms with Crippen LogP contribution in [0.3, 0.4) is 0 Å². The molecular weight excluding hydrogens is 270 g/mol. The fourth-order valence-corrected chi connectivity index (χ4v) is 2.63. The van der Waals surface area contributed by atoms with Gasteiger partial charge < -0.3 is 15.2 Å². The molecule has 1 amide bonds. The second kappa shape index (κ2) is 6.61. The Morgan fingerprint density at radius 3 is 2.38 bits per heavy atom. The van der Waals surface area contributed by atoms with Crippen molar-refractivity contribution in [1.82, 2.24) is 5.32 Å². The van der Waals surface area contributed by atoms with Gasteiger partial charge in [0.05, 0.1) is 0 Å². The van der Waals surface area contributed by atoms with E-state index >= 15 is 0 Å². The normalized spacial score (nSPS) is 17.0. The molecule has 1 aliphatic rings. The van der Waals surface area contributed by atoms with Gasteiger partial charge in [-0.15, -0.1) is 0 Å². The van der Waals surface area contributed by atoms with Gasteiger partial charge in [0.15, 0.2) is 6.61 Å². The monoisotopic (exact) mass is 291 g/mol. The van der Waals surface area contributed by atoms with Crippen LogP contribution in [0.5, 0.6) is 5.75 Å². The van der Waals surface area contributed by atoms with E-state index in [1.807, 2.05) is 19.1 Å². The van der Waals surface area contributed by atoms with Crippen LogP contribution < -0.4 is 10.1 Å². The van der Waals surface area contributed by atoms with Crippen molar-refractivity contribution in [3.8, 4) is 5.75 Å². The molecule has 2 N–H and O–H groups in total. The van der Waals surface area contributed by atoms with Gasteiger partial charge in [0.1, 0.15) is 11.3 Å². The van der Waals surface area contributed by atoms with Gasteiger partial charge in [-0.05, 0) is 31.9 Å². The average molecular weight is 291 g/mol. The highest BCUT2D eigenvalue weighted by atomic mass is 16.5. The number of aryl methyl sites for hydroxylation is 1. The van der Waals surface area contributed by atoms with Crippen molar-refractivity contribution in [1.29, 1.82) is 0 Å². The maximum atomic E-state index is 12.0. The number of rotatable bonds is 5. The molecule has 0 unspecified atom stereocenters. The predicted molar refractivity (Wildman–Crippen MR) is 78.3 cm³/mol. The molecule has 0 aliphatic heterocycles. The lowest BCUT2D eigenvalue weighted by molar-refractivity contribution is -0.149. The third kappa shape index (κ3) is 3.97. The van der Waals surface area contributed by atoms with E-state index in [9.17, 15) is 14.7 Å². The Kier molecular flexibility index (Phi) is 4.83. The van der Waals surface area contributed by atoms with E-state index in [0.29, 0.717) is 18.6 Å². The van der Waals surface area contributed by atoms with Crippen LogP contribution in [-0.4, -0.2) is 29.1 Å². The average Bonchev–Trinajstić information content (AvgIpc) is 2.47. The number of carboxylic acids is 1. The smallest absolute Gasteiger partial charge is 0.329 e. The minimum Gasteiger partial charge on any atom is -0.484 e. The highest BCUT2D eigenvalue weighted by molar-refractivity contribution is 5.87. The molecule has 5 heteroatoms. The van der Waals surface area contributed by atoms with Crippen LogP contribution in [0.25, 0.3) is 0 Å². The van der Waals surface area contributed by atoms with Gasteiger partial charge >= 0.3 is 5.97 Å². The van der Waals surface area contributed by atoms with Crippen molar-refractivity contribution in [2.24, 2.45) is 0 Å². The van der Waals surface area contributed by atoms with Crippen LogP contribution >= 0.6 is 0 Å². The standard InChI is InChI=1S/C16H21NO4/c1-12-5-7-13(8-6-12)21-11-14(18)17-16(15(19)20)9-3-2-4-10-16/h5-8H,2-4,9-11H2,1H3,(H,17,18)(H,19,20). The molecular formula is C16H21NO4. The maximum Gasteiger partial charge on any atom is 0.329 e. The van der Waals surface area contributed by atoms with Crippen molar-refractivity contribution >= 4 is 11.9 Å². The summed E-state index contributed by atoms with van der Waals surface area (Å²) in [6.45, 7) is 1.80. The largest absolute Gasteiger partial charge is 0.484 e. The number of aliphatic carboxylic acids is 1. The zero-order chi connectivity index (χ0) is 15.3. The van der Waals surface area contributed by atoms with Gasteiger partial charge in [0.2, 0.25) is 0 Å². The van der Waals surface area contributed by atoms with Crippen LogP contribution in [0.1, 0.15) is 37.7 Å². The predicted octanol–water partition coefficient (Wildman–Crippen LogP) is 2.28. The topological polar surface area (TPSA) is 75.6 Å². The van der Waals surface area contributed by atoms with Crippen molar-refractivity contribution in [2.75, 3.05) is 6.61 Å². The molecule has 0 spiro atoms. The SMILES string of the molecule is Cc1ccc(OCC(=O)NC2(C(=O)O)CCCCC2)cc1. The molecule has 1 fully saturated rings. The number of amides is 1.